The van der Waals surface area contributed by atoms with Crippen molar-refractivity contribution in [3.8, 4) is 16.9 Å². The summed E-state index contributed by atoms with van der Waals surface area (Å²) >= 11 is 0. The Balaban J connectivity index is 1.99. The van der Waals surface area contributed by atoms with Crippen LogP contribution < -0.4 is 15.4 Å². The molecule has 176 valence electrons. The summed E-state index contributed by atoms with van der Waals surface area (Å²) in [7, 11) is 0. The lowest BCUT2D eigenvalue weighted by Crippen LogP contribution is -2.47. The van der Waals surface area contributed by atoms with Gasteiger partial charge in [0.15, 0.2) is 0 Å². The fourth-order valence-corrected chi connectivity index (χ4v) is 4.13. The van der Waals surface area contributed by atoms with Crippen molar-refractivity contribution in [1.29, 1.82) is 0 Å². The smallest absolute Gasteiger partial charge is 0.305 e. The van der Waals surface area contributed by atoms with Gasteiger partial charge in [-0.15, -0.1) is 0 Å². The zero-order chi connectivity index (χ0) is 23.8. The van der Waals surface area contributed by atoms with Gasteiger partial charge in [-0.2, -0.15) is 0 Å². The number of aryl methyl sites for hydroxylation is 1. The van der Waals surface area contributed by atoms with Crippen molar-refractivity contribution in [2.24, 2.45) is 0 Å². The van der Waals surface area contributed by atoms with Crippen molar-refractivity contribution in [2.75, 3.05) is 6.61 Å². The van der Waals surface area contributed by atoms with Crippen LogP contribution >= 0.6 is 0 Å². The highest BCUT2D eigenvalue weighted by atomic mass is 16.5. The maximum absolute atomic E-state index is 13.0. The molecule has 33 heavy (non-hydrogen) atoms. The molecule has 1 heterocycles. The van der Waals surface area contributed by atoms with Crippen LogP contribution in [-0.2, 0) is 14.4 Å². The Morgan fingerprint density at radius 1 is 1.12 bits per heavy atom. The summed E-state index contributed by atoms with van der Waals surface area (Å²) < 4.78 is 5.96. The standard InChI is InChI=1S/C26H32N2O5/c1-17-11-12-21-15-22(17)19-8-7-9-20(14-19)24(16-25(30)31)28-26(32)23(27-18(2)29)10-5-3-4-6-13-33-21/h7-9,11-12,14-15,23-24H,3-6,10,13,16H2,1-2H3,(H,27,29)(H,28,32)(H,30,31)/t23-,24-/m0/s1. The molecule has 4 bridgehead atoms. The highest BCUT2D eigenvalue weighted by Gasteiger charge is 2.25. The van der Waals surface area contributed by atoms with Crippen LogP contribution in [0.25, 0.3) is 11.1 Å². The third kappa shape index (κ3) is 7.07. The number of carboxylic acids is 1. The first kappa shape index (κ1) is 24.3. The third-order valence-electron chi connectivity index (χ3n) is 5.85. The molecule has 1 aliphatic rings. The second kappa shape index (κ2) is 11.5. The minimum Gasteiger partial charge on any atom is -0.494 e. The number of carbonyl (C=O) groups excluding carboxylic acids is 2. The number of benzene rings is 2. The van der Waals surface area contributed by atoms with E-state index in [2.05, 4.69) is 10.6 Å². The number of carboxylic acid groups (broad SMARTS) is 1. The summed E-state index contributed by atoms with van der Waals surface area (Å²) in [5.74, 6) is -0.876. The lowest BCUT2D eigenvalue weighted by atomic mass is 9.95. The van der Waals surface area contributed by atoms with E-state index in [4.69, 9.17) is 4.74 Å². The van der Waals surface area contributed by atoms with Crippen LogP contribution in [0.3, 0.4) is 0 Å². The molecule has 0 spiro atoms. The molecule has 0 fully saturated rings. The number of amides is 2. The van der Waals surface area contributed by atoms with Gasteiger partial charge in [-0.25, -0.2) is 0 Å². The van der Waals surface area contributed by atoms with Crippen molar-refractivity contribution < 1.29 is 24.2 Å². The molecule has 0 saturated heterocycles. The van der Waals surface area contributed by atoms with Crippen molar-refractivity contribution in [3.05, 3.63) is 53.6 Å². The molecule has 0 radical (unpaired) electrons. The fourth-order valence-electron chi connectivity index (χ4n) is 4.13. The molecule has 3 N–H and O–H groups in total. The van der Waals surface area contributed by atoms with E-state index in [1.165, 1.54) is 6.92 Å². The van der Waals surface area contributed by atoms with Crippen LogP contribution in [0.5, 0.6) is 5.75 Å². The van der Waals surface area contributed by atoms with Crippen LogP contribution in [-0.4, -0.2) is 35.5 Å². The number of hydrogen-bond acceptors (Lipinski definition) is 4. The summed E-state index contributed by atoms with van der Waals surface area (Å²) in [6, 6.07) is 12.1. The largest absolute Gasteiger partial charge is 0.494 e. The molecule has 2 aromatic rings. The Labute approximate surface area is 194 Å². The van der Waals surface area contributed by atoms with E-state index < -0.39 is 18.1 Å². The SMILES string of the molecule is CC(=O)N[C@H]1CCCCCCOc2ccc(C)c(c2)-c2cccc(c2)[C@H](CC(=O)O)NC1=O. The number of rotatable bonds is 3. The molecule has 0 saturated carbocycles. The van der Waals surface area contributed by atoms with Crippen LogP contribution in [0.1, 0.15) is 62.6 Å². The Hall–Kier alpha value is -3.35. The van der Waals surface area contributed by atoms with Crippen molar-refractivity contribution in [2.45, 2.75) is 64.5 Å². The van der Waals surface area contributed by atoms with Gasteiger partial charge >= 0.3 is 5.97 Å². The molecular weight excluding hydrogens is 420 g/mol. The lowest BCUT2D eigenvalue weighted by molar-refractivity contribution is -0.138. The molecular formula is C26H32N2O5. The minimum absolute atomic E-state index is 0.260. The van der Waals surface area contributed by atoms with Gasteiger partial charge in [-0.3, -0.25) is 14.4 Å². The van der Waals surface area contributed by atoms with Gasteiger partial charge in [0.05, 0.1) is 19.1 Å². The monoisotopic (exact) mass is 452 g/mol. The molecule has 2 atom stereocenters. The van der Waals surface area contributed by atoms with Crippen molar-refractivity contribution >= 4 is 17.8 Å². The topological polar surface area (TPSA) is 105 Å². The number of hydrogen-bond donors (Lipinski definition) is 3. The summed E-state index contributed by atoms with van der Waals surface area (Å²) in [4.78, 5) is 36.3. The van der Waals surface area contributed by atoms with Gasteiger partial charge < -0.3 is 20.5 Å². The predicted molar refractivity (Wildman–Crippen MR) is 126 cm³/mol. The highest BCUT2D eigenvalue weighted by Crippen LogP contribution is 2.30. The molecule has 2 aromatic carbocycles. The van der Waals surface area contributed by atoms with Gasteiger partial charge in [0.2, 0.25) is 11.8 Å². The van der Waals surface area contributed by atoms with Crippen LogP contribution in [0.4, 0.5) is 0 Å². The average Bonchev–Trinajstić information content (AvgIpc) is 2.77. The van der Waals surface area contributed by atoms with Crippen LogP contribution in [0.2, 0.25) is 0 Å². The molecule has 1 aliphatic heterocycles. The minimum atomic E-state index is -1.01. The average molecular weight is 453 g/mol. The predicted octanol–water partition coefficient (Wildman–Crippen LogP) is 4.14. The van der Waals surface area contributed by atoms with Crippen molar-refractivity contribution in [3.63, 3.8) is 0 Å². The van der Waals surface area contributed by atoms with E-state index in [0.29, 0.717) is 18.6 Å². The number of carbonyl (C=O) groups is 3. The molecule has 3 rings (SSSR count). The van der Waals surface area contributed by atoms with Gasteiger partial charge in [0.1, 0.15) is 11.8 Å². The Morgan fingerprint density at radius 3 is 2.67 bits per heavy atom. The van der Waals surface area contributed by atoms with E-state index in [9.17, 15) is 19.5 Å². The second-order valence-corrected chi connectivity index (χ2v) is 8.57. The summed E-state index contributed by atoms with van der Waals surface area (Å²) in [5, 5.41) is 15.1. The zero-order valence-corrected chi connectivity index (χ0v) is 19.2. The number of nitrogens with one attached hydrogen (secondary N) is 2. The highest BCUT2D eigenvalue weighted by molar-refractivity contribution is 5.87. The Bertz CT molecular complexity index is 1000. The van der Waals surface area contributed by atoms with Crippen molar-refractivity contribution in [1.82, 2.24) is 10.6 Å². The van der Waals surface area contributed by atoms with E-state index >= 15 is 0 Å². The summed E-state index contributed by atoms with van der Waals surface area (Å²) in [6.07, 6.45) is 3.76. The van der Waals surface area contributed by atoms with Crippen LogP contribution in [0, 0.1) is 6.92 Å². The van der Waals surface area contributed by atoms with E-state index in [-0.39, 0.29) is 18.2 Å². The Morgan fingerprint density at radius 2 is 1.91 bits per heavy atom. The number of aliphatic carboxylic acids is 1. The molecule has 7 heteroatoms. The second-order valence-electron chi connectivity index (χ2n) is 8.57. The first-order valence-corrected chi connectivity index (χ1v) is 11.5. The van der Waals surface area contributed by atoms with Gasteiger partial charge in [-0.05, 0) is 60.2 Å². The molecule has 0 aromatic heterocycles. The van der Waals surface area contributed by atoms with Gasteiger partial charge in [0.25, 0.3) is 0 Å². The van der Waals surface area contributed by atoms with Gasteiger partial charge in [0, 0.05) is 6.92 Å². The maximum Gasteiger partial charge on any atom is 0.305 e. The van der Waals surface area contributed by atoms with E-state index in [1.54, 1.807) is 0 Å². The fraction of sp³-hybridized carbons (Fsp3) is 0.423. The Kier molecular flexibility index (Phi) is 8.46. The summed E-state index contributed by atoms with van der Waals surface area (Å²) in [5.41, 5.74) is 3.68. The zero-order valence-electron chi connectivity index (χ0n) is 19.2. The lowest BCUT2D eigenvalue weighted by Gasteiger charge is -2.23. The first-order chi connectivity index (χ1) is 15.8. The van der Waals surface area contributed by atoms with E-state index in [0.717, 1.165) is 48.1 Å². The number of fused-ring (bicyclic) bond motifs is 5. The molecule has 0 aliphatic carbocycles. The molecule has 2 amide bonds. The quantitative estimate of drug-likeness (QED) is 0.649. The summed E-state index contributed by atoms with van der Waals surface area (Å²) in [6.45, 7) is 4.00. The molecule has 0 unspecified atom stereocenters. The molecule has 7 nitrogen and oxygen atoms in total. The normalized spacial score (nSPS) is 19.5. The maximum atomic E-state index is 13.0. The third-order valence-corrected chi connectivity index (χ3v) is 5.85. The van der Waals surface area contributed by atoms with Crippen LogP contribution in [0.15, 0.2) is 42.5 Å². The van der Waals surface area contributed by atoms with E-state index in [1.807, 2.05) is 49.4 Å². The first-order valence-electron chi connectivity index (χ1n) is 11.5. The number of ether oxygens (including phenoxy) is 1. The van der Waals surface area contributed by atoms with Gasteiger partial charge in [-0.1, -0.05) is 43.5 Å².